The average molecular weight is 426 g/mol. The maximum atomic E-state index is 5.36. The Morgan fingerprint density at radius 2 is 1.82 bits per heavy atom. The van der Waals surface area contributed by atoms with Gasteiger partial charge in [0.15, 0.2) is 5.96 Å². The highest BCUT2D eigenvalue weighted by Crippen LogP contribution is 1.99. The van der Waals surface area contributed by atoms with E-state index in [0.29, 0.717) is 0 Å². The first kappa shape index (κ1) is 21.9. The Labute approximate surface area is 153 Å². The van der Waals surface area contributed by atoms with Gasteiger partial charge in [-0.1, -0.05) is 19.8 Å². The standard InChI is InChI=1S/C16H34N4O.HI/c1-3-5-6-9-18-16(17-4-2)19-10-7-8-11-20-12-14-21-15-13-20;/h3-15H2,1-2H3,(H2,17,18,19);1H. The molecule has 0 bridgehead atoms. The topological polar surface area (TPSA) is 48.9 Å². The largest absolute Gasteiger partial charge is 0.379 e. The van der Waals surface area contributed by atoms with E-state index in [0.717, 1.165) is 51.9 Å². The van der Waals surface area contributed by atoms with Crippen LogP contribution in [0.1, 0.15) is 46.0 Å². The van der Waals surface area contributed by atoms with Gasteiger partial charge in [0.1, 0.15) is 0 Å². The number of hydrogen-bond acceptors (Lipinski definition) is 3. The number of aliphatic imine (C=N–C) groups is 1. The van der Waals surface area contributed by atoms with E-state index in [2.05, 4.69) is 34.4 Å². The van der Waals surface area contributed by atoms with E-state index < -0.39 is 0 Å². The van der Waals surface area contributed by atoms with Gasteiger partial charge in [-0.25, -0.2) is 0 Å². The van der Waals surface area contributed by atoms with E-state index in [4.69, 9.17) is 4.74 Å². The zero-order valence-electron chi connectivity index (χ0n) is 14.4. The molecule has 1 heterocycles. The van der Waals surface area contributed by atoms with Crippen molar-refractivity contribution in [1.82, 2.24) is 15.5 Å². The third-order valence-electron chi connectivity index (χ3n) is 3.67. The minimum absolute atomic E-state index is 0. The van der Waals surface area contributed by atoms with Crippen LogP contribution in [0.25, 0.3) is 0 Å². The van der Waals surface area contributed by atoms with Gasteiger partial charge in [0, 0.05) is 32.7 Å². The van der Waals surface area contributed by atoms with Gasteiger partial charge in [-0.2, -0.15) is 0 Å². The molecule has 1 rings (SSSR count). The van der Waals surface area contributed by atoms with Crippen LogP contribution in [-0.4, -0.2) is 63.3 Å². The van der Waals surface area contributed by atoms with E-state index in [9.17, 15) is 0 Å². The summed E-state index contributed by atoms with van der Waals surface area (Å²) in [5.41, 5.74) is 0. The Bertz CT molecular complexity index is 271. The molecule has 22 heavy (non-hydrogen) atoms. The summed E-state index contributed by atoms with van der Waals surface area (Å²) in [6, 6.07) is 0. The molecule has 0 unspecified atom stereocenters. The van der Waals surface area contributed by atoms with Crippen molar-refractivity contribution in [3.05, 3.63) is 0 Å². The molecule has 0 aromatic carbocycles. The molecule has 0 aromatic rings. The number of unbranched alkanes of at least 4 members (excludes halogenated alkanes) is 3. The normalized spacial score (nSPS) is 16.2. The van der Waals surface area contributed by atoms with Crippen molar-refractivity contribution in [3.63, 3.8) is 0 Å². The lowest BCUT2D eigenvalue weighted by Crippen LogP contribution is -2.39. The lowest BCUT2D eigenvalue weighted by Gasteiger charge is -2.26. The molecule has 0 radical (unpaired) electrons. The van der Waals surface area contributed by atoms with Crippen molar-refractivity contribution in [3.8, 4) is 0 Å². The Kier molecular flexibility index (Phi) is 15.7. The van der Waals surface area contributed by atoms with E-state index in [1.165, 1.54) is 38.6 Å². The van der Waals surface area contributed by atoms with E-state index in [-0.39, 0.29) is 24.0 Å². The summed E-state index contributed by atoms with van der Waals surface area (Å²) in [6.07, 6.45) is 6.13. The Morgan fingerprint density at radius 3 is 2.50 bits per heavy atom. The predicted octanol–water partition coefficient (Wildman–Crippen LogP) is 2.46. The second-order valence-corrected chi connectivity index (χ2v) is 5.56. The van der Waals surface area contributed by atoms with Crippen molar-refractivity contribution >= 4 is 29.9 Å². The molecule has 2 N–H and O–H groups in total. The number of morpholine rings is 1. The van der Waals surface area contributed by atoms with Crippen LogP contribution in [0.3, 0.4) is 0 Å². The van der Waals surface area contributed by atoms with Gasteiger partial charge in [-0.15, -0.1) is 24.0 Å². The minimum Gasteiger partial charge on any atom is -0.379 e. The monoisotopic (exact) mass is 426 g/mol. The molecule has 1 aliphatic heterocycles. The van der Waals surface area contributed by atoms with Crippen LogP contribution < -0.4 is 10.6 Å². The van der Waals surface area contributed by atoms with Gasteiger partial charge in [-0.05, 0) is 32.7 Å². The van der Waals surface area contributed by atoms with Crippen LogP contribution in [0, 0.1) is 0 Å². The molecule has 132 valence electrons. The lowest BCUT2D eigenvalue weighted by molar-refractivity contribution is 0.0372. The highest BCUT2D eigenvalue weighted by molar-refractivity contribution is 14.0. The molecule has 0 amide bonds. The minimum atomic E-state index is 0. The summed E-state index contributed by atoms with van der Waals surface area (Å²) in [5.74, 6) is 0.972. The Morgan fingerprint density at radius 1 is 1.05 bits per heavy atom. The van der Waals surface area contributed by atoms with E-state index >= 15 is 0 Å². The first-order chi connectivity index (χ1) is 10.4. The van der Waals surface area contributed by atoms with Crippen LogP contribution in [0.5, 0.6) is 0 Å². The number of nitrogens with one attached hydrogen (secondary N) is 2. The van der Waals surface area contributed by atoms with Crippen LogP contribution >= 0.6 is 24.0 Å². The molecular weight excluding hydrogens is 391 g/mol. The molecule has 0 aromatic heterocycles. The fourth-order valence-electron chi connectivity index (χ4n) is 2.39. The average Bonchev–Trinajstić information content (AvgIpc) is 2.52. The third-order valence-corrected chi connectivity index (χ3v) is 3.67. The van der Waals surface area contributed by atoms with Crippen molar-refractivity contribution in [2.24, 2.45) is 4.99 Å². The SMILES string of the molecule is CCCCCN=C(NCC)NCCCCN1CCOCC1.I. The number of guanidine groups is 1. The Balaban J connectivity index is 0.00000441. The molecular formula is C16H35IN4O. The molecule has 1 aliphatic rings. The second kappa shape index (κ2) is 15.8. The summed E-state index contributed by atoms with van der Waals surface area (Å²) in [7, 11) is 0. The molecule has 1 fully saturated rings. The first-order valence-corrected chi connectivity index (χ1v) is 8.69. The zero-order chi connectivity index (χ0) is 15.2. The third kappa shape index (κ3) is 11.5. The fourth-order valence-corrected chi connectivity index (χ4v) is 2.39. The molecule has 0 atom stereocenters. The van der Waals surface area contributed by atoms with Crippen molar-refractivity contribution < 1.29 is 4.74 Å². The lowest BCUT2D eigenvalue weighted by atomic mass is 10.2. The maximum absolute atomic E-state index is 5.36. The summed E-state index contributed by atoms with van der Waals surface area (Å²) < 4.78 is 5.36. The molecule has 6 heteroatoms. The molecule has 1 saturated heterocycles. The van der Waals surface area contributed by atoms with Crippen LogP contribution in [0.15, 0.2) is 4.99 Å². The summed E-state index contributed by atoms with van der Waals surface area (Å²) in [5, 5.41) is 6.74. The highest BCUT2D eigenvalue weighted by atomic mass is 127. The summed E-state index contributed by atoms with van der Waals surface area (Å²) in [6.45, 7) is 12.4. The number of rotatable bonds is 10. The van der Waals surface area contributed by atoms with Gasteiger partial charge in [0.25, 0.3) is 0 Å². The van der Waals surface area contributed by atoms with Gasteiger partial charge in [-0.3, -0.25) is 9.89 Å². The van der Waals surface area contributed by atoms with Crippen molar-refractivity contribution in [2.75, 3.05) is 52.5 Å². The predicted molar refractivity (Wildman–Crippen MR) is 105 cm³/mol. The zero-order valence-corrected chi connectivity index (χ0v) is 16.7. The molecule has 5 nitrogen and oxygen atoms in total. The number of ether oxygens (including phenoxy) is 1. The maximum Gasteiger partial charge on any atom is 0.191 e. The number of halogens is 1. The van der Waals surface area contributed by atoms with Crippen LogP contribution in [-0.2, 0) is 4.74 Å². The smallest absolute Gasteiger partial charge is 0.191 e. The number of hydrogen-bond donors (Lipinski definition) is 2. The first-order valence-electron chi connectivity index (χ1n) is 8.69. The van der Waals surface area contributed by atoms with Gasteiger partial charge < -0.3 is 15.4 Å². The molecule has 0 spiro atoms. The summed E-state index contributed by atoms with van der Waals surface area (Å²) >= 11 is 0. The van der Waals surface area contributed by atoms with Crippen LogP contribution in [0.2, 0.25) is 0 Å². The van der Waals surface area contributed by atoms with Crippen molar-refractivity contribution in [1.29, 1.82) is 0 Å². The van der Waals surface area contributed by atoms with E-state index in [1.54, 1.807) is 0 Å². The fraction of sp³-hybridized carbons (Fsp3) is 0.938. The molecule has 0 aliphatic carbocycles. The quantitative estimate of drug-likeness (QED) is 0.244. The van der Waals surface area contributed by atoms with Crippen molar-refractivity contribution in [2.45, 2.75) is 46.0 Å². The second-order valence-electron chi connectivity index (χ2n) is 5.56. The summed E-state index contributed by atoms with van der Waals surface area (Å²) in [4.78, 5) is 7.10. The Hall–Kier alpha value is -0.0800. The number of nitrogens with zero attached hydrogens (tertiary/aromatic N) is 2. The van der Waals surface area contributed by atoms with E-state index in [1.807, 2.05) is 0 Å². The van der Waals surface area contributed by atoms with Gasteiger partial charge in [0.05, 0.1) is 13.2 Å². The van der Waals surface area contributed by atoms with Gasteiger partial charge >= 0.3 is 0 Å². The highest BCUT2D eigenvalue weighted by Gasteiger charge is 2.08. The molecule has 0 saturated carbocycles. The van der Waals surface area contributed by atoms with Gasteiger partial charge in [0.2, 0.25) is 0 Å². The van der Waals surface area contributed by atoms with Crippen LogP contribution in [0.4, 0.5) is 0 Å².